The van der Waals surface area contributed by atoms with Crippen LogP contribution in [0, 0.1) is 5.92 Å². The second-order valence-electron chi connectivity index (χ2n) is 5.91. The molecule has 1 amide bonds. The third-order valence-electron chi connectivity index (χ3n) is 4.08. The van der Waals surface area contributed by atoms with E-state index in [1.807, 2.05) is 36.4 Å². The number of hydrogen-bond acceptors (Lipinski definition) is 2. The first kappa shape index (κ1) is 14.2. The summed E-state index contributed by atoms with van der Waals surface area (Å²) in [6.45, 7) is 0. The molecule has 1 saturated carbocycles. The van der Waals surface area contributed by atoms with Crippen LogP contribution in [0.25, 0.3) is 21.9 Å². The molecule has 1 aliphatic rings. The van der Waals surface area contributed by atoms with Gasteiger partial charge in [-0.1, -0.05) is 35.9 Å². The monoisotopic (exact) mass is 322 g/mol. The number of amides is 1. The van der Waals surface area contributed by atoms with Crippen LogP contribution in [0.15, 0.2) is 54.7 Å². The number of benzene rings is 2. The summed E-state index contributed by atoms with van der Waals surface area (Å²) in [7, 11) is 0. The van der Waals surface area contributed by atoms with Crippen molar-refractivity contribution in [3.05, 3.63) is 59.8 Å². The smallest absolute Gasteiger partial charge is 0.228 e. The van der Waals surface area contributed by atoms with Crippen molar-refractivity contribution in [1.29, 1.82) is 0 Å². The number of nitrogens with zero attached hydrogens (tertiary/aromatic N) is 1. The van der Waals surface area contributed by atoms with Crippen molar-refractivity contribution in [3.63, 3.8) is 0 Å². The van der Waals surface area contributed by atoms with Crippen molar-refractivity contribution in [2.75, 3.05) is 5.32 Å². The molecule has 23 heavy (non-hydrogen) atoms. The Labute approximate surface area is 139 Å². The number of halogens is 1. The van der Waals surface area contributed by atoms with E-state index in [-0.39, 0.29) is 11.8 Å². The SMILES string of the molecule is O=C(Nc1cc2ccc(-c3cccc(Cl)c3)cc2cn1)C1CC1. The average molecular weight is 323 g/mol. The van der Waals surface area contributed by atoms with Crippen LogP contribution in [0.4, 0.5) is 5.82 Å². The van der Waals surface area contributed by atoms with Crippen LogP contribution in [-0.2, 0) is 4.79 Å². The van der Waals surface area contributed by atoms with Gasteiger partial charge in [-0.25, -0.2) is 4.98 Å². The molecule has 2 aromatic carbocycles. The number of hydrogen-bond donors (Lipinski definition) is 1. The van der Waals surface area contributed by atoms with Crippen molar-refractivity contribution in [2.24, 2.45) is 5.92 Å². The minimum absolute atomic E-state index is 0.0763. The lowest BCUT2D eigenvalue weighted by atomic mass is 10.0. The van der Waals surface area contributed by atoms with E-state index < -0.39 is 0 Å². The topological polar surface area (TPSA) is 42.0 Å². The molecule has 0 radical (unpaired) electrons. The van der Waals surface area contributed by atoms with E-state index >= 15 is 0 Å². The first-order chi connectivity index (χ1) is 11.2. The number of carbonyl (C=O) groups excluding carboxylic acids is 1. The highest BCUT2D eigenvalue weighted by atomic mass is 35.5. The zero-order valence-corrected chi connectivity index (χ0v) is 13.2. The van der Waals surface area contributed by atoms with Crippen molar-refractivity contribution < 1.29 is 4.79 Å². The third kappa shape index (κ3) is 3.06. The summed E-state index contributed by atoms with van der Waals surface area (Å²) in [6, 6.07) is 15.9. The zero-order valence-electron chi connectivity index (χ0n) is 12.4. The fourth-order valence-corrected chi connectivity index (χ4v) is 2.82. The number of fused-ring (bicyclic) bond motifs is 1. The molecule has 0 atom stereocenters. The lowest BCUT2D eigenvalue weighted by molar-refractivity contribution is -0.117. The number of carbonyl (C=O) groups is 1. The van der Waals surface area contributed by atoms with Crippen LogP contribution in [0.1, 0.15) is 12.8 Å². The zero-order chi connectivity index (χ0) is 15.8. The Morgan fingerprint density at radius 3 is 2.65 bits per heavy atom. The largest absolute Gasteiger partial charge is 0.310 e. The number of anilines is 1. The van der Waals surface area contributed by atoms with Crippen molar-refractivity contribution >= 4 is 34.1 Å². The Bertz CT molecular complexity index is 903. The molecule has 1 heterocycles. The van der Waals surface area contributed by atoms with Crippen molar-refractivity contribution in [1.82, 2.24) is 4.98 Å². The van der Waals surface area contributed by atoms with E-state index in [0.29, 0.717) is 5.82 Å². The highest BCUT2D eigenvalue weighted by Gasteiger charge is 2.29. The second kappa shape index (κ2) is 5.67. The average Bonchev–Trinajstić information content (AvgIpc) is 3.39. The summed E-state index contributed by atoms with van der Waals surface area (Å²) in [5, 5.41) is 5.69. The first-order valence-corrected chi connectivity index (χ1v) is 8.03. The first-order valence-electron chi connectivity index (χ1n) is 7.66. The molecule has 114 valence electrons. The molecular weight excluding hydrogens is 308 g/mol. The number of pyridine rings is 1. The predicted octanol–water partition coefficient (Wildman–Crippen LogP) is 4.90. The molecule has 3 aromatic rings. The van der Waals surface area contributed by atoms with E-state index in [2.05, 4.69) is 22.4 Å². The summed E-state index contributed by atoms with van der Waals surface area (Å²) in [5.74, 6) is 0.870. The lowest BCUT2D eigenvalue weighted by Gasteiger charge is -2.07. The number of aromatic nitrogens is 1. The molecule has 4 rings (SSSR count). The quantitative estimate of drug-likeness (QED) is 0.745. The molecule has 0 aliphatic heterocycles. The maximum absolute atomic E-state index is 11.8. The molecule has 1 aliphatic carbocycles. The summed E-state index contributed by atoms with van der Waals surface area (Å²) >= 11 is 6.06. The molecule has 0 bridgehead atoms. The molecule has 3 nitrogen and oxygen atoms in total. The number of nitrogens with one attached hydrogen (secondary N) is 1. The van der Waals surface area contributed by atoms with Crippen LogP contribution in [0.5, 0.6) is 0 Å². The predicted molar refractivity (Wildman–Crippen MR) is 93.5 cm³/mol. The standard InChI is InChI=1S/C19H15ClN2O/c20-17-3-1-2-13(9-17)14-6-7-15-10-18(21-11-16(15)8-14)22-19(23)12-4-5-12/h1-3,6-12H,4-5H2,(H,21,22,23). The fourth-order valence-electron chi connectivity index (χ4n) is 2.63. The molecule has 4 heteroatoms. The fraction of sp³-hybridized carbons (Fsp3) is 0.158. The van der Waals surface area contributed by atoms with E-state index in [1.54, 1.807) is 6.20 Å². The van der Waals surface area contributed by atoms with Gasteiger partial charge < -0.3 is 5.32 Å². The van der Waals surface area contributed by atoms with Gasteiger partial charge in [-0.15, -0.1) is 0 Å². The number of rotatable bonds is 3. The normalized spacial score (nSPS) is 14.0. The summed E-state index contributed by atoms with van der Waals surface area (Å²) in [5.41, 5.74) is 2.17. The molecule has 1 aromatic heterocycles. The summed E-state index contributed by atoms with van der Waals surface area (Å²) < 4.78 is 0. The van der Waals surface area contributed by atoms with E-state index in [9.17, 15) is 4.79 Å². The minimum Gasteiger partial charge on any atom is -0.310 e. The van der Waals surface area contributed by atoms with Crippen LogP contribution in [0.3, 0.4) is 0 Å². The Kier molecular flexibility index (Phi) is 3.50. The second-order valence-corrected chi connectivity index (χ2v) is 6.34. The third-order valence-corrected chi connectivity index (χ3v) is 4.31. The molecule has 1 fully saturated rings. The maximum Gasteiger partial charge on any atom is 0.228 e. The van der Waals surface area contributed by atoms with Crippen molar-refractivity contribution in [2.45, 2.75) is 12.8 Å². The molecule has 0 unspecified atom stereocenters. The Morgan fingerprint density at radius 2 is 1.87 bits per heavy atom. The molecule has 0 spiro atoms. The van der Waals surface area contributed by atoms with Crippen molar-refractivity contribution in [3.8, 4) is 11.1 Å². The Hall–Kier alpha value is -2.39. The van der Waals surface area contributed by atoms with Gasteiger partial charge in [0.1, 0.15) is 5.82 Å². The van der Waals surface area contributed by atoms with Crippen LogP contribution in [0.2, 0.25) is 5.02 Å². The van der Waals surface area contributed by atoms with E-state index in [1.165, 1.54) is 0 Å². The molecule has 1 N–H and O–H groups in total. The molecule has 0 saturated heterocycles. The highest BCUT2D eigenvalue weighted by molar-refractivity contribution is 6.30. The summed E-state index contributed by atoms with van der Waals surface area (Å²) in [4.78, 5) is 16.2. The lowest BCUT2D eigenvalue weighted by Crippen LogP contribution is -2.14. The Balaban J connectivity index is 1.65. The van der Waals surface area contributed by atoms with Gasteiger partial charge in [0.05, 0.1) is 0 Å². The Morgan fingerprint density at radius 1 is 1.04 bits per heavy atom. The van der Waals surface area contributed by atoms with Gasteiger partial charge in [0, 0.05) is 22.5 Å². The van der Waals surface area contributed by atoms with Gasteiger partial charge in [-0.3, -0.25) is 4.79 Å². The van der Waals surface area contributed by atoms with Crippen LogP contribution >= 0.6 is 11.6 Å². The maximum atomic E-state index is 11.8. The van der Waals surface area contributed by atoms with Crippen LogP contribution in [-0.4, -0.2) is 10.9 Å². The minimum atomic E-state index is 0.0763. The van der Waals surface area contributed by atoms with Gasteiger partial charge in [-0.05, 0) is 53.6 Å². The van der Waals surface area contributed by atoms with Gasteiger partial charge in [0.2, 0.25) is 5.91 Å². The highest BCUT2D eigenvalue weighted by Crippen LogP contribution is 2.31. The van der Waals surface area contributed by atoms with E-state index in [0.717, 1.165) is 39.8 Å². The van der Waals surface area contributed by atoms with E-state index in [4.69, 9.17) is 11.6 Å². The van der Waals surface area contributed by atoms with Gasteiger partial charge >= 0.3 is 0 Å². The molecular formula is C19H15ClN2O. The van der Waals surface area contributed by atoms with Gasteiger partial charge in [0.15, 0.2) is 0 Å². The van der Waals surface area contributed by atoms with Crippen LogP contribution < -0.4 is 5.32 Å². The van der Waals surface area contributed by atoms with Gasteiger partial charge in [-0.2, -0.15) is 0 Å². The summed E-state index contributed by atoms with van der Waals surface area (Å²) in [6.07, 6.45) is 3.77. The van der Waals surface area contributed by atoms with Gasteiger partial charge in [0.25, 0.3) is 0 Å².